The number of hydrogen-bond donors (Lipinski definition) is 1. The predicted molar refractivity (Wildman–Crippen MR) is 74.7 cm³/mol. The summed E-state index contributed by atoms with van der Waals surface area (Å²) in [5, 5.41) is 12.3. The van der Waals surface area contributed by atoms with Crippen molar-refractivity contribution in [1.29, 1.82) is 5.26 Å². The Balaban J connectivity index is 2.34. The molecule has 1 atom stereocenters. The van der Waals surface area contributed by atoms with Crippen molar-refractivity contribution in [3.8, 4) is 6.07 Å². The first-order chi connectivity index (χ1) is 8.54. The number of benzene rings is 1. The second-order valence-electron chi connectivity index (χ2n) is 5.64. The summed E-state index contributed by atoms with van der Waals surface area (Å²) in [6, 6.07) is 10.5. The van der Waals surface area contributed by atoms with Crippen LogP contribution in [0.4, 0.5) is 5.69 Å². The van der Waals surface area contributed by atoms with Gasteiger partial charge < -0.3 is 10.2 Å². The van der Waals surface area contributed by atoms with Gasteiger partial charge in [-0.05, 0) is 58.0 Å². The second-order valence-corrected chi connectivity index (χ2v) is 5.64. The van der Waals surface area contributed by atoms with E-state index in [0.29, 0.717) is 6.04 Å². The summed E-state index contributed by atoms with van der Waals surface area (Å²) in [5.74, 6) is 0. The fraction of sp³-hybridized carbons (Fsp3) is 0.533. The summed E-state index contributed by atoms with van der Waals surface area (Å²) >= 11 is 0. The summed E-state index contributed by atoms with van der Waals surface area (Å²) < 4.78 is 0. The van der Waals surface area contributed by atoms with Crippen LogP contribution in [0.1, 0.15) is 32.8 Å². The first-order valence-corrected chi connectivity index (χ1v) is 6.55. The molecule has 0 saturated carbocycles. The van der Waals surface area contributed by atoms with Crippen LogP contribution in [0.3, 0.4) is 0 Å². The molecule has 96 valence electrons. The van der Waals surface area contributed by atoms with Gasteiger partial charge in [-0.25, -0.2) is 0 Å². The Morgan fingerprint density at radius 2 is 2.00 bits per heavy atom. The van der Waals surface area contributed by atoms with Gasteiger partial charge in [0.1, 0.15) is 0 Å². The molecule has 0 aromatic heterocycles. The molecule has 0 radical (unpaired) electrons. The maximum absolute atomic E-state index is 8.86. The van der Waals surface area contributed by atoms with Crippen LogP contribution in [0, 0.1) is 11.3 Å². The van der Waals surface area contributed by atoms with Gasteiger partial charge in [0.2, 0.25) is 0 Å². The molecule has 1 unspecified atom stereocenters. The van der Waals surface area contributed by atoms with Gasteiger partial charge in [-0.1, -0.05) is 0 Å². The minimum absolute atomic E-state index is 0.136. The lowest BCUT2D eigenvalue weighted by Gasteiger charge is -2.42. The van der Waals surface area contributed by atoms with Crippen LogP contribution in [0.2, 0.25) is 0 Å². The van der Waals surface area contributed by atoms with E-state index in [9.17, 15) is 0 Å². The van der Waals surface area contributed by atoms with Gasteiger partial charge in [-0.15, -0.1) is 0 Å². The Bertz CT molecular complexity index is 442. The standard InChI is InChI=1S/C15H21N3/c1-12-11-17-9-8-15(2,3)18(12)14-6-4-13(10-16)5-7-14/h4-7,12,17H,8-9,11H2,1-3H3. The smallest absolute Gasteiger partial charge is 0.0991 e. The molecule has 1 aromatic rings. The first-order valence-electron chi connectivity index (χ1n) is 6.55. The Morgan fingerprint density at radius 1 is 1.33 bits per heavy atom. The summed E-state index contributed by atoms with van der Waals surface area (Å²) in [7, 11) is 0. The number of nitriles is 1. The van der Waals surface area contributed by atoms with Crippen molar-refractivity contribution in [2.75, 3.05) is 18.0 Å². The maximum Gasteiger partial charge on any atom is 0.0991 e. The summed E-state index contributed by atoms with van der Waals surface area (Å²) in [6.45, 7) is 8.88. The van der Waals surface area contributed by atoms with Crippen LogP contribution < -0.4 is 10.2 Å². The quantitative estimate of drug-likeness (QED) is 0.823. The Labute approximate surface area is 109 Å². The molecule has 1 heterocycles. The molecular formula is C15H21N3. The molecular weight excluding hydrogens is 222 g/mol. The minimum atomic E-state index is 0.136. The molecule has 1 saturated heterocycles. The SMILES string of the molecule is CC1CNCCC(C)(C)N1c1ccc(C#N)cc1. The van der Waals surface area contributed by atoms with Crippen LogP contribution in [0.5, 0.6) is 0 Å². The lowest BCUT2D eigenvalue weighted by molar-refractivity contribution is 0.426. The number of nitrogens with one attached hydrogen (secondary N) is 1. The molecule has 1 aromatic carbocycles. The van der Waals surface area contributed by atoms with Crippen LogP contribution in [-0.4, -0.2) is 24.7 Å². The van der Waals surface area contributed by atoms with Gasteiger partial charge in [0, 0.05) is 23.8 Å². The van der Waals surface area contributed by atoms with Crippen molar-refractivity contribution in [3.63, 3.8) is 0 Å². The van der Waals surface area contributed by atoms with Crippen molar-refractivity contribution in [2.45, 2.75) is 38.8 Å². The molecule has 18 heavy (non-hydrogen) atoms. The third-order valence-corrected chi connectivity index (χ3v) is 3.72. The highest BCUT2D eigenvalue weighted by Crippen LogP contribution is 2.30. The molecule has 0 bridgehead atoms. The van der Waals surface area contributed by atoms with E-state index < -0.39 is 0 Å². The van der Waals surface area contributed by atoms with Crippen molar-refractivity contribution >= 4 is 5.69 Å². The number of nitrogens with zero attached hydrogens (tertiary/aromatic N) is 2. The molecule has 3 nitrogen and oxygen atoms in total. The Morgan fingerprint density at radius 3 is 2.61 bits per heavy atom. The third kappa shape index (κ3) is 2.49. The minimum Gasteiger partial charge on any atom is -0.362 e. The summed E-state index contributed by atoms with van der Waals surface area (Å²) in [4.78, 5) is 2.47. The molecule has 1 fully saturated rings. The predicted octanol–water partition coefficient (Wildman–Crippen LogP) is 2.53. The number of hydrogen-bond acceptors (Lipinski definition) is 3. The van der Waals surface area contributed by atoms with Gasteiger partial charge in [0.05, 0.1) is 11.6 Å². The topological polar surface area (TPSA) is 39.1 Å². The molecule has 1 aliphatic rings. The van der Waals surface area contributed by atoms with Crippen LogP contribution in [-0.2, 0) is 0 Å². The lowest BCUT2D eigenvalue weighted by Crippen LogP contribution is -2.49. The van der Waals surface area contributed by atoms with E-state index in [1.54, 1.807) is 0 Å². The van der Waals surface area contributed by atoms with Gasteiger partial charge in [-0.3, -0.25) is 0 Å². The molecule has 0 amide bonds. The molecule has 3 heteroatoms. The fourth-order valence-electron chi connectivity index (χ4n) is 2.81. The average molecular weight is 243 g/mol. The van der Waals surface area contributed by atoms with E-state index in [2.05, 4.69) is 49.2 Å². The van der Waals surface area contributed by atoms with Crippen molar-refractivity contribution < 1.29 is 0 Å². The Hall–Kier alpha value is -1.53. The zero-order chi connectivity index (χ0) is 13.2. The van der Waals surface area contributed by atoms with E-state index in [1.807, 2.05) is 12.1 Å². The van der Waals surface area contributed by atoms with E-state index in [-0.39, 0.29) is 5.54 Å². The fourth-order valence-corrected chi connectivity index (χ4v) is 2.81. The highest BCUT2D eigenvalue weighted by Gasteiger charge is 2.32. The Kier molecular flexibility index (Phi) is 3.58. The van der Waals surface area contributed by atoms with Gasteiger partial charge in [0.15, 0.2) is 0 Å². The van der Waals surface area contributed by atoms with Gasteiger partial charge in [-0.2, -0.15) is 5.26 Å². The average Bonchev–Trinajstić information content (AvgIpc) is 2.48. The van der Waals surface area contributed by atoms with Gasteiger partial charge in [0.25, 0.3) is 0 Å². The maximum atomic E-state index is 8.86. The molecule has 2 rings (SSSR count). The molecule has 1 N–H and O–H groups in total. The van der Waals surface area contributed by atoms with Crippen LogP contribution in [0.15, 0.2) is 24.3 Å². The highest BCUT2D eigenvalue weighted by molar-refractivity contribution is 5.52. The number of rotatable bonds is 1. The van der Waals surface area contributed by atoms with Crippen molar-refractivity contribution in [1.82, 2.24) is 5.32 Å². The third-order valence-electron chi connectivity index (χ3n) is 3.72. The molecule has 0 spiro atoms. The van der Waals surface area contributed by atoms with E-state index in [0.717, 1.165) is 25.1 Å². The van der Waals surface area contributed by atoms with E-state index >= 15 is 0 Å². The zero-order valence-electron chi connectivity index (χ0n) is 11.4. The second kappa shape index (κ2) is 4.99. The summed E-state index contributed by atoms with van der Waals surface area (Å²) in [5.41, 5.74) is 2.06. The van der Waals surface area contributed by atoms with Crippen molar-refractivity contribution in [2.24, 2.45) is 0 Å². The zero-order valence-corrected chi connectivity index (χ0v) is 11.4. The first kappa shape index (κ1) is 12.9. The molecule has 1 aliphatic heterocycles. The van der Waals surface area contributed by atoms with E-state index in [4.69, 9.17) is 5.26 Å². The lowest BCUT2D eigenvalue weighted by atomic mass is 9.96. The van der Waals surface area contributed by atoms with E-state index in [1.165, 1.54) is 5.69 Å². The normalized spacial score (nSPS) is 23.2. The van der Waals surface area contributed by atoms with Crippen LogP contribution >= 0.6 is 0 Å². The van der Waals surface area contributed by atoms with Crippen molar-refractivity contribution in [3.05, 3.63) is 29.8 Å². The monoisotopic (exact) mass is 243 g/mol. The highest BCUT2D eigenvalue weighted by atomic mass is 15.2. The molecule has 0 aliphatic carbocycles. The largest absolute Gasteiger partial charge is 0.362 e. The number of anilines is 1. The summed E-state index contributed by atoms with van der Waals surface area (Å²) in [6.07, 6.45) is 1.12. The van der Waals surface area contributed by atoms with Gasteiger partial charge >= 0.3 is 0 Å². The van der Waals surface area contributed by atoms with Crippen LogP contribution in [0.25, 0.3) is 0 Å².